The SMILES string of the molecule is C1CCOC1.Nc1cc(C2OCCO2)ccc1Nc1cccc(-c2nccs2)c1. The van der Waals surface area contributed by atoms with Gasteiger partial charge in [0.2, 0.25) is 0 Å². The summed E-state index contributed by atoms with van der Waals surface area (Å²) in [5.74, 6) is 0. The number of nitrogens with two attached hydrogens (primary N) is 1. The number of nitrogens with one attached hydrogen (secondary N) is 1. The van der Waals surface area contributed by atoms with Crippen molar-refractivity contribution in [2.24, 2.45) is 0 Å². The fraction of sp³-hybridized carbons (Fsp3) is 0.318. The van der Waals surface area contributed by atoms with Crippen LogP contribution in [0.3, 0.4) is 0 Å². The highest BCUT2D eigenvalue weighted by Gasteiger charge is 2.19. The quantitative estimate of drug-likeness (QED) is 0.590. The summed E-state index contributed by atoms with van der Waals surface area (Å²) in [6.07, 6.45) is 4.05. The van der Waals surface area contributed by atoms with Gasteiger partial charge < -0.3 is 25.3 Å². The Labute approximate surface area is 174 Å². The molecule has 2 aromatic carbocycles. The average Bonchev–Trinajstić information content (AvgIpc) is 3.54. The first-order valence-electron chi connectivity index (χ1n) is 9.77. The lowest BCUT2D eigenvalue weighted by Gasteiger charge is -2.14. The molecular weight excluding hydrogens is 386 g/mol. The van der Waals surface area contributed by atoms with E-state index in [0.717, 1.165) is 40.7 Å². The summed E-state index contributed by atoms with van der Waals surface area (Å²) < 4.78 is 16.0. The Morgan fingerprint density at radius 2 is 1.83 bits per heavy atom. The van der Waals surface area contributed by atoms with Gasteiger partial charge in [-0.2, -0.15) is 0 Å². The van der Waals surface area contributed by atoms with E-state index in [1.54, 1.807) is 11.3 Å². The standard InChI is InChI=1S/C18H17N3O2S.C4H8O/c19-15-11-13(18-22-7-8-23-18)4-5-16(15)21-14-3-1-2-12(10-14)17-20-6-9-24-17;1-2-4-5-3-1/h1-6,9-11,18,21H,7-8,19H2;1-4H2. The van der Waals surface area contributed by atoms with Gasteiger partial charge in [-0.05, 0) is 37.1 Å². The monoisotopic (exact) mass is 411 g/mol. The lowest BCUT2D eigenvalue weighted by molar-refractivity contribution is -0.0440. The van der Waals surface area contributed by atoms with Gasteiger partial charge in [0.05, 0.1) is 24.6 Å². The van der Waals surface area contributed by atoms with E-state index in [2.05, 4.69) is 16.4 Å². The second-order valence-corrected chi connectivity index (χ2v) is 7.68. The number of benzene rings is 2. The average molecular weight is 412 g/mol. The van der Waals surface area contributed by atoms with Crippen molar-refractivity contribution in [3.05, 3.63) is 59.6 Å². The summed E-state index contributed by atoms with van der Waals surface area (Å²) in [5.41, 5.74) is 10.7. The molecule has 3 heterocycles. The molecule has 152 valence electrons. The van der Waals surface area contributed by atoms with Crippen LogP contribution >= 0.6 is 11.3 Å². The molecule has 2 aliphatic heterocycles. The molecule has 3 N–H and O–H groups in total. The normalized spacial score (nSPS) is 16.4. The summed E-state index contributed by atoms with van der Waals surface area (Å²) in [6, 6.07) is 13.9. The molecule has 0 amide bonds. The maximum Gasteiger partial charge on any atom is 0.184 e. The highest BCUT2D eigenvalue weighted by atomic mass is 32.1. The molecule has 2 fully saturated rings. The molecule has 6 nitrogen and oxygen atoms in total. The Kier molecular flexibility index (Phi) is 6.74. The van der Waals surface area contributed by atoms with Crippen LogP contribution in [0.2, 0.25) is 0 Å². The summed E-state index contributed by atoms with van der Waals surface area (Å²) >= 11 is 1.62. The molecule has 0 radical (unpaired) electrons. The van der Waals surface area contributed by atoms with E-state index in [1.165, 1.54) is 12.8 Å². The number of hydrogen-bond donors (Lipinski definition) is 2. The molecule has 2 aliphatic rings. The van der Waals surface area contributed by atoms with Crippen LogP contribution in [0, 0.1) is 0 Å². The van der Waals surface area contributed by atoms with Gasteiger partial charge >= 0.3 is 0 Å². The Morgan fingerprint density at radius 1 is 1.00 bits per heavy atom. The highest BCUT2D eigenvalue weighted by Crippen LogP contribution is 2.31. The van der Waals surface area contributed by atoms with Crippen LogP contribution in [-0.4, -0.2) is 31.4 Å². The van der Waals surface area contributed by atoms with Crippen molar-refractivity contribution in [1.29, 1.82) is 0 Å². The first-order chi connectivity index (χ1) is 14.3. The molecule has 0 unspecified atom stereocenters. The van der Waals surface area contributed by atoms with Crippen LogP contribution in [0.5, 0.6) is 0 Å². The van der Waals surface area contributed by atoms with Crippen molar-refractivity contribution in [2.75, 3.05) is 37.5 Å². The largest absolute Gasteiger partial charge is 0.397 e. The zero-order valence-electron chi connectivity index (χ0n) is 16.2. The molecule has 1 aromatic heterocycles. The van der Waals surface area contributed by atoms with Crippen LogP contribution < -0.4 is 11.1 Å². The molecule has 5 rings (SSSR count). The minimum atomic E-state index is -0.311. The molecule has 0 bridgehead atoms. The third-order valence-electron chi connectivity index (χ3n) is 4.62. The lowest BCUT2D eigenvalue weighted by Crippen LogP contribution is -2.02. The number of nitrogen functional groups attached to an aromatic ring is 1. The van der Waals surface area contributed by atoms with Crippen LogP contribution in [0.4, 0.5) is 17.1 Å². The summed E-state index contributed by atoms with van der Waals surface area (Å²) in [7, 11) is 0. The van der Waals surface area contributed by atoms with E-state index >= 15 is 0 Å². The van der Waals surface area contributed by atoms with E-state index in [1.807, 2.05) is 48.0 Å². The van der Waals surface area contributed by atoms with Gasteiger partial charge in [0.25, 0.3) is 0 Å². The fourth-order valence-corrected chi connectivity index (χ4v) is 3.79. The first kappa shape index (κ1) is 19.8. The Hall–Kier alpha value is -2.45. The molecule has 0 saturated carbocycles. The first-order valence-corrected chi connectivity index (χ1v) is 10.6. The van der Waals surface area contributed by atoms with E-state index in [4.69, 9.17) is 19.9 Å². The van der Waals surface area contributed by atoms with E-state index in [0.29, 0.717) is 18.9 Å². The maximum atomic E-state index is 6.19. The number of nitrogens with zero attached hydrogens (tertiary/aromatic N) is 1. The van der Waals surface area contributed by atoms with Gasteiger partial charge in [-0.15, -0.1) is 11.3 Å². The second kappa shape index (κ2) is 9.84. The summed E-state index contributed by atoms with van der Waals surface area (Å²) in [5, 5.41) is 6.33. The minimum Gasteiger partial charge on any atom is -0.397 e. The van der Waals surface area contributed by atoms with E-state index < -0.39 is 0 Å². The highest BCUT2D eigenvalue weighted by molar-refractivity contribution is 7.13. The molecule has 7 heteroatoms. The molecule has 29 heavy (non-hydrogen) atoms. The minimum absolute atomic E-state index is 0.311. The van der Waals surface area contributed by atoms with Crippen molar-refractivity contribution in [3.8, 4) is 10.6 Å². The van der Waals surface area contributed by atoms with Crippen LogP contribution in [-0.2, 0) is 14.2 Å². The molecular formula is C22H25N3O3S. The number of aromatic nitrogens is 1. The van der Waals surface area contributed by atoms with Crippen molar-refractivity contribution >= 4 is 28.4 Å². The lowest BCUT2D eigenvalue weighted by atomic mass is 10.1. The number of ether oxygens (including phenoxy) is 3. The van der Waals surface area contributed by atoms with E-state index in [9.17, 15) is 0 Å². The van der Waals surface area contributed by atoms with Crippen molar-refractivity contribution < 1.29 is 14.2 Å². The fourth-order valence-electron chi connectivity index (χ4n) is 3.15. The zero-order chi connectivity index (χ0) is 19.9. The van der Waals surface area contributed by atoms with Gasteiger partial charge in [-0.25, -0.2) is 4.98 Å². The Morgan fingerprint density at radius 3 is 2.48 bits per heavy atom. The topological polar surface area (TPSA) is 78.6 Å². The van der Waals surface area contributed by atoms with Crippen molar-refractivity contribution in [2.45, 2.75) is 19.1 Å². The number of thiazole rings is 1. The molecule has 2 saturated heterocycles. The number of rotatable bonds is 4. The molecule has 3 aromatic rings. The van der Waals surface area contributed by atoms with Gasteiger partial charge in [-0.3, -0.25) is 0 Å². The predicted molar refractivity (Wildman–Crippen MR) is 116 cm³/mol. The maximum absolute atomic E-state index is 6.19. The third-order valence-corrected chi connectivity index (χ3v) is 5.44. The van der Waals surface area contributed by atoms with Gasteiger partial charge in [0.1, 0.15) is 5.01 Å². The second-order valence-electron chi connectivity index (χ2n) is 6.78. The zero-order valence-corrected chi connectivity index (χ0v) is 17.0. The van der Waals surface area contributed by atoms with Crippen molar-refractivity contribution in [1.82, 2.24) is 4.98 Å². The smallest absolute Gasteiger partial charge is 0.184 e. The Balaban J connectivity index is 0.000000359. The van der Waals surface area contributed by atoms with Crippen LogP contribution in [0.1, 0.15) is 24.7 Å². The van der Waals surface area contributed by atoms with Crippen LogP contribution in [0.25, 0.3) is 10.6 Å². The molecule has 0 atom stereocenters. The van der Waals surface area contributed by atoms with Gasteiger partial charge in [-0.1, -0.05) is 18.2 Å². The predicted octanol–water partition coefficient (Wildman–Crippen LogP) is 4.98. The molecule has 0 aliphatic carbocycles. The van der Waals surface area contributed by atoms with Crippen LogP contribution in [0.15, 0.2) is 54.0 Å². The van der Waals surface area contributed by atoms with Gasteiger partial charge in [0.15, 0.2) is 6.29 Å². The number of anilines is 3. The van der Waals surface area contributed by atoms with Gasteiger partial charge in [0, 0.05) is 41.6 Å². The summed E-state index contributed by atoms with van der Waals surface area (Å²) in [4.78, 5) is 4.35. The number of hydrogen-bond acceptors (Lipinski definition) is 7. The molecule has 0 spiro atoms. The van der Waals surface area contributed by atoms with Crippen molar-refractivity contribution in [3.63, 3.8) is 0 Å². The van der Waals surface area contributed by atoms with E-state index in [-0.39, 0.29) is 6.29 Å². The Bertz CT molecular complexity index is 900. The third kappa shape index (κ3) is 5.33. The summed E-state index contributed by atoms with van der Waals surface area (Å²) in [6.45, 7) is 3.24.